The molecule has 0 aliphatic carbocycles. The first kappa shape index (κ1) is 30.1. The van der Waals surface area contributed by atoms with Gasteiger partial charge in [-0.3, -0.25) is 0 Å². The summed E-state index contributed by atoms with van der Waals surface area (Å²) >= 11 is -5.62. The van der Waals surface area contributed by atoms with Crippen molar-refractivity contribution in [3.63, 3.8) is 0 Å². The van der Waals surface area contributed by atoms with E-state index in [1.807, 2.05) is 0 Å². The topological polar surface area (TPSA) is 0 Å². The van der Waals surface area contributed by atoms with E-state index in [2.05, 4.69) is 0 Å². The number of hydrogen-bond acceptors (Lipinski definition) is 0. The number of rotatable bonds is 8. The molecule has 0 radical (unpaired) electrons. The zero-order valence-electron chi connectivity index (χ0n) is 14.6. The maximum atomic E-state index is 14.0. The summed E-state index contributed by atoms with van der Waals surface area (Å²) in [6.07, 6.45) is -7.78. The van der Waals surface area contributed by atoms with E-state index in [4.69, 9.17) is 8.91 Å². The van der Waals surface area contributed by atoms with Gasteiger partial charge in [-0.15, -0.1) is 0 Å². The molecule has 0 N–H and O–H groups in total. The third kappa shape index (κ3) is 4.09. The molecule has 33 heavy (non-hydrogen) atoms. The molecule has 1 aromatic rings. The minimum atomic E-state index is -8.64. The van der Waals surface area contributed by atoms with Crippen molar-refractivity contribution in [2.24, 2.45) is 0 Å². The van der Waals surface area contributed by atoms with Gasteiger partial charge in [0.25, 0.3) is 0 Å². The van der Waals surface area contributed by atoms with Crippen molar-refractivity contribution in [3.05, 3.63) is 33.9 Å². The summed E-state index contributed by atoms with van der Waals surface area (Å²) in [4.78, 5) is 0. The molecule has 0 saturated carbocycles. The van der Waals surface area contributed by atoms with E-state index in [1.165, 1.54) is 0 Å². The Morgan fingerprint density at radius 1 is 0.455 bits per heavy atom. The van der Waals surface area contributed by atoms with E-state index >= 15 is 0 Å². The summed E-state index contributed by atoms with van der Waals surface area (Å²) in [7, 11) is 5.02. The van der Waals surface area contributed by atoms with Crippen LogP contribution >= 0.6 is 27.6 Å². The molecule has 0 fully saturated rings. The predicted molar refractivity (Wildman–Crippen MR) is 85.7 cm³/mol. The van der Waals surface area contributed by atoms with Gasteiger partial charge >= 0.3 is 182 Å². The Morgan fingerprint density at radius 3 is 1.09 bits per heavy atom. The Morgan fingerprint density at radius 2 is 0.758 bits per heavy atom. The van der Waals surface area contributed by atoms with Gasteiger partial charge in [-0.05, 0) is 0 Å². The maximum absolute atomic E-state index is 14.0. The van der Waals surface area contributed by atoms with Gasteiger partial charge in [0, 0.05) is 0 Å². The van der Waals surface area contributed by atoms with Crippen LogP contribution < -0.4 is 0 Å². The van der Waals surface area contributed by atoms with Crippen LogP contribution in [0.5, 0.6) is 0 Å². The van der Waals surface area contributed by atoms with Crippen LogP contribution in [0.2, 0.25) is 0 Å². The van der Waals surface area contributed by atoms with Crippen LogP contribution in [-0.2, 0) is 0 Å². The summed E-state index contributed by atoms with van der Waals surface area (Å²) < 4.78 is 217. The average Bonchev–Trinajstić information content (AvgIpc) is 2.66. The zero-order chi connectivity index (χ0) is 26.7. The molecule has 0 aliphatic rings. The Labute approximate surface area is 182 Å². The van der Waals surface area contributed by atoms with Crippen LogP contribution in [0.15, 0.2) is 30.3 Å². The number of benzene rings is 1. The van der Waals surface area contributed by atoms with E-state index in [0.717, 1.165) is 18.2 Å². The van der Waals surface area contributed by atoms with Crippen molar-refractivity contribution < 1.29 is 74.6 Å². The number of halogens is 19. The molecule has 0 amide bonds. The van der Waals surface area contributed by atoms with E-state index in [9.17, 15) is 74.6 Å². The number of alkyl halides is 18. The summed E-state index contributed by atoms with van der Waals surface area (Å²) in [5.74, 6) is -50.0. The van der Waals surface area contributed by atoms with Crippen molar-refractivity contribution in [3.8, 4) is 0 Å². The van der Waals surface area contributed by atoms with Crippen molar-refractivity contribution in [1.82, 2.24) is 0 Å². The third-order valence-corrected chi connectivity index (χ3v) is 9.81. The zero-order valence-corrected chi connectivity index (χ0v) is 17.5. The van der Waals surface area contributed by atoms with E-state index in [0.29, 0.717) is 12.1 Å². The molecule has 1 rings (SSSR count). The van der Waals surface area contributed by atoms with Crippen LogP contribution in [0.3, 0.4) is 0 Å². The normalized spacial score (nSPS) is 16.1. The Hall–Kier alpha value is -0.950. The molecule has 0 aliphatic heterocycles. The van der Waals surface area contributed by atoms with Gasteiger partial charge in [0.1, 0.15) is 0 Å². The Bertz CT molecular complexity index is 832. The van der Waals surface area contributed by atoms with Crippen LogP contribution in [0.4, 0.5) is 74.6 Å². The van der Waals surface area contributed by atoms with Crippen LogP contribution in [0, 0.1) is 3.57 Å². The fourth-order valence-corrected chi connectivity index (χ4v) is 5.91. The van der Waals surface area contributed by atoms with E-state index < -0.39 is 67.9 Å². The summed E-state index contributed by atoms with van der Waals surface area (Å²) in [5, 5.41) is 0. The molecule has 0 saturated heterocycles. The van der Waals surface area contributed by atoms with E-state index in [1.54, 1.807) is 0 Å². The predicted octanol–water partition coefficient (Wildman–Crippen LogP) is 8.48. The van der Waals surface area contributed by atoms with Gasteiger partial charge in [-0.2, -0.15) is 0 Å². The van der Waals surface area contributed by atoms with Gasteiger partial charge < -0.3 is 0 Å². The van der Waals surface area contributed by atoms with Crippen molar-refractivity contribution in [2.75, 3.05) is 0 Å². The summed E-state index contributed by atoms with van der Waals surface area (Å²) in [5.41, 5.74) is 0. The molecular formula is C14H5ClF17I. The van der Waals surface area contributed by atoms with Crippen LogP contribution in [0.25, 0.3) is 0 Å². The van der Waals surface area contributed by atoms with Gasteiger partial charge in [0.05, 0.1) is 0 Å². The van der Waals surface area contributed by atoms with Crippen LogP contribution in [-0.4, -0.2) is 45.6 Å². The average molecular weight is 659 g/mol. The van der Waals surface area contributed by atoms with Gasteiger partial charge in [0.2, 0.25) is 0 Å². The molecule has 19 heteroatoms. The molecule has 194 valence electrons. The molecule has 0 atom stereocenters. The molecule has 0 aromatic heterocycles. The van der Waals surface area contributed by atoms with Crippen LogP contribution in [0.1, 0.15) is 0 Å². The van der Waals surface area contributed by atoms with Gasteiger partial charge in [-0.1, -0.05) is 0 Å². The minimum absolute atomic E-state index is 0.505. The number of hydrogen-bond donors (Lipinski definition) is 0. The van der Waals surface area contributed by atoms with E-state index in [-0.39, 0.29) is 0 Å². The van der Waals surface area contributed by atoms with Gasteiger partial charge in [-0.25, -0.2) is 0 Å². The fourth-order valence-electron chi connectivity index (χ4n) is 1.91. The fraction of sp³-hybridized carbons (Fsp3) is 0.571. The molecule has 0 nitrogen and oxygen atoms in total. The van der Waals surface area contributed by atoms with Gasteiger partial charge in [0.15, 0.2) is 0 Å². The second-order valence-corrected chi connectivity index (χ2v) is 11.8. The Kier molecular flexibility index (Phi) is 7.58. The SMILES string of the molecule is FC(F)(F)C(F)(F)C(F)(F)C(F)(F)C(F)(F)C(F)(F)C(F)(F)C(F)(F)I(Cl)c1ccccc1. The quantitative estimate of drug-likeness (QED) is 0.149. The van der Waals surface area contributed by atoms with Crippen molar-refractivity contribution >= 4 is 27.6 Å². The second-order valence-electron chi connectivity index (χ2n) is 5.97. The Balaban J connectivity index is 3.66. The second kappa shape index (κ2) is 8.32. The molecule has 0 unspecified atom stereocenters. The summed E-state index contributed by atoms with van der Waals surface area (Å²) in [6, 6.07) is 3.69. The first-order chi connectivity index (χ1) is 14.3. The molecule has 0 heterocycles. The molecular weight excluding hydrogens is 653 g/mol. The summed E-state index contributed by atoms with van der Waals surface area (Å²) in [6.45, 7) is 0. The molecule has 1 aromatic carbocycles. The first-order valence-electron chi connectivity index (χ1n) is 7.39. The van der Waals surface area contributed by atoms with Crippen molar-refractivity contribution in [2.45, 2.75) is 45.6 Å². The first-order valence-corrected chi connectivity index (χ1v) is 12.3. The third-order valence-electron chi connectivity index (χ3n) is 3.82. The monoisotopic (exact) mass is 658 g/mol. The van der Waals surface area contributed by atoms with Crippen molar-refractivity contribution in [1.29, 1.82) is 0 Å². The standard InChI is InChI=1S/C14H5ClF17I/c15-33(6-4-2-1-3-5-6)14(31,32)12(26,27)10(22,23)8(18,19)7(16,17)9(20,21)11(24,25)13(28,29)30/h1-5H. The molecule has 0 bridgehead atoms. The molecule has 0 spiro atoms.